The lowest BCUT2D eigenvalue weighted by Gasteiger charge is -2.20. The SMILES string of the molecule is CCN(CCNCc1cccnc1)Cc1ccncc1. The van der Waals surface area contributed by atoms with Crippen molar-refractivity contribution >= 4 is 0 Å². The van der Waals surface area contributed by atoms with Crippen LogP contribution in [0.2, 0.25) is 0 Å². The lowest BCUT2D eigenvalue weighted by Crippen LogP contribution is -2.31. The topological polar surface area (TPSA) is 41.0 Å². The van der Waals surface area contributed by atoms with E-state index in [9.17, 15) is 0 Å². The fourth-order valence-electron chi connectivity index (χ4n) is 2.07. The van der Waals surface area contributed by atoms with Crippen LogP contribution in [0.15, 0.2) is 49.1 Å². The zero-order valence-corrected chi connectivity index (χ0v) is 12.0. The summed E-state index contributed by atoms with van der Waals surface area (Å²) in [6.07, 6.45) is 7.41. The fraction of sp³-hybridized carbons (Fsp3) is 0.375. The molecule has 0 aliphatic heterocycles. The Bertz CT molecular complexity index is 472. The summed E-state index contributed by atoms with van der Waals surface area (Å²) in [6.45, 7) is 7.13. The van der Waals surface area contributed by atoms with Crippen molar-refractivity contribution in [1.82, 2.24) is 20.2 Å². The summed E-state index contributed by atoms with van der Waals surface area (Å²) in [6, 6.07) is 8.21. The van der Waals surface area contributed by atoms with Gasteiger partial charge in [0.25, 0.3) is 0 Å². The van der Waals surface area contributed by atoms with Crippen molar-refractivity contribution in [1.29, 1.82) is 0 Å². The molecule has 0 radical (unpaired) electrons. The number of aromatic nitrogens is 2. The first-order valence-electron chi connectivity index (χ1n) is 7.09. The molecule has 0 aromatic carbocycles. The molecule has 20 heavy (non-hydrogen) atoms. The van der Waals surface area contributed by atoms with Crippen LogP contribution in [0.25, 0.3) is 0 Å². The lowest BCUT2D eigenvalue weighted by atomic mass is 10.2. The van der Waals surface area contributed by atoms with Gasteiger partial charge in [-0.1, -0.05) is 13.0 Å². The van der Waals surface area contributed by atoms with Crippen molar-refractivity contribution in [3.05, 3.63) is 60.2 Å². The summed E-state index contributed by atoms with van der Waals surface area (Å²) >= 11 is 0. The van der Waals surface area contributed by atoms with E-state index < -0.39 is 0 Å². The molecular formula is C16H22N4. The maximum absolute atomic E-state index is 4.11. The molecule has 4 heteroatoms. The molecule has 2 heterocycles. The van der Waals surface area contributed by atoms with Gasteiger partial charge in [0, 0.05) is 51.0 Å². The first kappa shape index (κ1) is 14.6. The summed E-state index contributed by atoms with van der Waals surface area (Å²) in [5, 5.41) is 3.46. The Kier molecular flexibility index (Phi) is 6.14. The third-order valence-corrected chi connectivity index (χ3v) is 3.26. The molecule has 0 saturated carbocycles. The van der Waals surface area contributed by atoms with Crippen LogP contribution in [0, 0.1) is 0 Å². The maximum atomic E-state index is 4.11. The number of hydrogen-bond donors (Lipinski definition) is 1. The van der Waals surface area contributed by atoms with Gasteiger partial charge in [-0.25, -0.2) is 0 Å². The van der Waals surface area contributed by atoms with Crippen molar-refractivity contribution < 1.29 is 0 Å². The molecule has 0 atom stereocenters. The molecule has 0 saturated heterocycles. The molecule has 2 rings (SSSR count). The molecule has 0 unspecified atom stereocenters. The minimum Gasteiger partial charge on any atom is -0.311 e. The number of hydrogen-bond acceptors (Lipinski definition) is 4. The molecule has 0 bridgehead atoms. The van der Waals surface area contributed by atoms with E-state index in [1.807, 2.05) is 24.7 Å². The van der Waals surface area contributed by atoms with E-state index in [-0.39, 0.29) is 0 Å². The molecule has 4 nitrogen and oxygen atoms in total. The predicted octanol–water partition coefficient (Wildman–Crippen LogP) is 2.09. The Labute approximate surface area is 120 Å². The van der Waals surface area contributed by atoms with E-state index >= 15 is 0 Å². The average Bonchev–Trinajstić information content (AvgIpc) is 2.52. The van der Waals surface area contributed by atoms with Crippen molar-refractivity contribution in [2.24, 2.45) is 0 Å². The molecule has 2 aromatic heterocycles. The fourth-order valence-corrected chi connectivity index (χ4v) is 2.07. The molecule has 0 aliphatic rings. The molecule has 0 fully saturated rings. The summed E-state index contributed by atoms with van der Waals surface area (Å²) in [4.78, 5) is 10.6. The van der Waals surface area contributed by atoms with Crippen LogP contribution in [0.1, 0.15) is 18.1 Å². The van der Waals surface area contributed by atoms with Gasteiger partial charge in [0.1, 0.15) is 0 Å². The van der Waals surface area contributed by atoms with E-state index in [2.05, 4.69) is 45.3 Å². The highest BCUT2D eigenvalue weighted by molar-refractivity contribution is 5.09. The highest BCUT2D eigenvalue weighted by Gasteiger charge is 2.03. The third-order valence-electron chi connectivity index (χ3n) is 3.26. The van der Waals surface area contributed by atoms with Crippen molar-refractivity contribution in [2.75, 3.05) is 19.6 Å². The van der Waals surface area contributed by atoms with Gasteiger partial charge in [-0.15, -0.1) is 0 Å². The molecular weight excluding hydrogens is 248 g/mol. The molecule has 0 aliphatic carbocycles. The average molecular weight is 270 g/mol. The summed E-state index contributed by atoms with van der Waals surface area (Å²) in [7, 11) is 0. The normalized spacial score (nSPS) is 10.9. The Morgan fingerprint density at radius 2 is 1.90 bits per heavy atom. The van der Waals surface area contributed by atoms with Crippen molar-refractivity contribution in [3.8, 4) is 0 Å². The quantitative estimate of drug-likeness (QED) is 0.746. The van der Waals surface area contributed by atoms with Gasteiger partial charge in [0.15, 0.2) is 0 Å². The second-order valence-corrected chi connectivity index (χ2v) is 4.76. The smallest absolute Gasteiger partial charge is 0.0312 e. The number of nitrogens with zero attached hydrogens (tertiary/aromatic N) is 3. The zero-order chi connectivity index (χ0) is 14.0. The van der Waals surface area contributed by atoms with E-state index in [0.717, 1.165) is 32.7 Å². The van der Waals surface area contributed by atoms with Gasteiger partial charge in [0.2, 0.25) is 0 Å². The van der Waals surface area contributed by atoms with E-state index in [1.54, 1.807) is 6.20 Å². The number of nitrogens with one attached hydrogen (secondary N) is 1. The minimum atomic E-state index is 0.876. The number of pyridine rings is 2. The van der Waals surface area contributed by atoms with Gasteiger partial charge in [-0.3, -0.25) is 14.9 Å². The van der Waals surface area contributed by atoms with Gasteiger partial charge < -0.3 is 5.32 Å². The van der Waals surface area contributed by atoms with Crippen molar-refractivity contribution in [2.45, 2.75) is 20.0 Å². The minimum absolute atomic E-state index is 0.876. The second-order valence-electron chi connectivity index (χ2n) is 4.76. The summed E-state index contributed by atoms with van der Waals surface area (Å²) in [5.74, 6) is 0. The van der Waals surface area contributed by atoms with Crippen LogP contribution in [-0.4, -0.2) is 34.5 Å². The second kappa shape index (κ2) is 8.40. The molecule has 0 amide bonds. The van der Waals surface area contributed by atoms with E-state index in [4.69, 9.17) is 0 Å². The predicted molar refractivity (Wildman–Crippen MR) is 81.1 cm³/mol. The Balaban J connectivity index is 1.69. The monoisotopic (exact) mass is 270 g/mol. The Morgan fingerprint density at radius 1 is 1.05 bits per heavy atom. The van der Waals surface area contributed by atoms with Crippen LogP contribution >= 0.6 is 0 Å². The number of likely N-dealkylation sites (N-methyl/N-ethyl adjacent to an activating group) is 1. The first-order valence-corrected chi connectivity index (χ1v) is 7.09. The summed E-state index contributed by atoms with van der Waals surface area (Å²) in [5.41, 5.74) is 2.54. The van der Waals surface area contributed by atoms with Gasteiger partial charge in [-0.05, 0) is 35.9 Å². The van der Waals surface area contributed by atoms with Crippen LogP contribution in [0.3, 0.4) is 0 Å². The maximum Gasteiger partial charge on any atom is 0.0312 e. The standard InChI is InChI=1S/C16H22N4/c1-2-20(14-15-5-8-17-9-6-15)11-10-19-13-16-4-3-7-18-12-16/h3-9,12,19H,2,10-11,13-14H2,1H3. The van der Waals surface area contributed by atoms with Gasteiger partial charge in [0.05, 0.1) is 0 Å². The lowest BCUT2D eigenvalue weighted by molar-refractivity contribution is 0.279. The largest absolute Gasteiger partial charge is 0.311 e. The third kappa shape index (κ3) is 5.07. The number of rotatable bonds is 8. The molecule has 2 aromatic rings. The van der Waals surface area contributed by atoms with Gasteiger partial charge >= 0.3 is 0 Å². The zero-order valence-electron chi connectivity index (χ0n) is 12.0. The highest BCUT2D eigenvalue weighted by Crippen LogP contribution is 2.02. The van der Waals surface area contributed by atoms with E-state index in [1.165, 1.54) is 11.1 Å². The van der Waals surface area contributed by atoms with Crippen LogP contribution < -0.4 is 5.32 Å². The van der Waals surface area contributed by atoms with E-state index in [0.29, 0.717) is 0 Å². The first-order chi connectivity index (χ1) is 9.88. The molecule has 0 spiro atoms. The van der Waals surface area contributed by atoms with Gasteiger partial charge in [-0.2, -0.15) is 0 Å². The molecule has 106 valence electrons. The highest BCUT2D eigenvalue weighted by atomic mass is 15.1. The summed E-state index contributed by atoms with van der Waals surface area (Å²) < 4.78 is 0. The molecule has 1 N–H and O–H groups in total. The Morgan fingerprint density at radius 3 is 2.60 bits per heavy atom. The Hall–Kier alpha value is -1.78. The van der Waals surface area contributed by atoms with Crippen LogP contribution in [0.4, 0.5) is 0 Å². The van der Waals surface area contributed by atoms with Crippen LogP contribution in [0.5, 0.6) is 0 Å². The van der Waals surface area contributed by atoms with Crippen LogP contribution in [-0.2, 0) is 13.1 Å². The van der Waals surface area contributed by atoms with Crippen molar-refractivity contribution in [3.63, 3.8) is 0 Å².